The molecule has 1 saturated carbocycles. The zero-order valence-electron chi connectivity index (χ0n) is 11.3. The summed E-state index contributed by atoms with van der Waals surface area (Å²) in [5.74, 6) is 0. The number of nitro groups is 1. The van der Waals surface area contributed by atoms with E-state index in [-0.39, 0.29) is 10.6 Å². The van der Waals surface area contributed by atoms with Gasteiger partial charge in [-0.2, -0.15) is 0 Å². The number of nitrogens with one attached hydrogen (secondary N) is 1. The first-order valence-corrected chi connectivity index (χ1v) is 7.71. The number of nitro benzene ring substituents is 1. The van der Waals surface area contributed by atoms with Crippen LogP contribution in [0.2, 0.25) is 0 Å². The molecule has 0 saturated heterocycles. The van der Waals surface area contributed by atoms with Crippen molar-refractivity contribution in [3.63, 3.8) is 0 Å². The Kier molecular flexibility index (Phi) is 5.94. The molecular weight excluding hydrogens is 324 g/mol. The number of nitrogens with zero attached hydrogens (tertiary/aromatic N) is 1. The Morgan fingerprint density at radius 2 is 2.15 bits per heavy atom. The molecule has 6 heteroatoms. The summed E-state index contributed by atoms with van der Waals surface area (Å²) in [5, 5.41) is 14.2. The monoisotopic (exact) mass is 342 g/mol. The fraction of sp³-hybridized carbons (Fsp3) is 0.571. The summed E-state index contributed by atoms with van der Waals surface area (Å²) < 4.78 is 6.45. The summed E-state index contributed by atoms with van der Waals surface area (Å²) in [7, 11) is 0. The third-order valence-corrected chi connectivity index (χ3v) is 3.99. The average molecular weight is 343 g/mol. The Labute approximate surface area is 127 Å². The van der Waals surface area contributed by atoms with Gasteiger partial charge in [0.25, 0.3) is 5.69 Å². The minimum atomic E-state index is -0.350. The fourth-order valence-corrected chi connectivity index (χ4v) is 2.78. The number of hydrogen-bond acceptors (Lipinski definition) is 4. The lowest BCUT2D eigenvalue weighted by atomic mass is 10.2. The van der Waals surface area contributed by atoms with E-state index in [1.807, 2.05) is 6.07 Å². The van der Waals surface area contributed by atoms with Gasteiger partial charge in [0, 0.05) is 29.2 Å². The van der Waals surface area contributed by atoms with Crippen LogP contribution in [0, 0.1) is 10.1 Å². The maximum absolute atomic E-state index is 11.0. The van der Waals surface area contributed by atoms with Crippen LogP contribution >= 0.6 is 15.9 Å². The molecule has 0 unspecified atom stereocenters. The van der Waals surface area contributed by atoms with Crippen LogP contribution in [-0.4, -0.2) is 24.2 Å². The molecule has 20 heavy (non-hydrogen) atoms. The fourth-order valence-electron chi connectivity index (χ4n) is 2.43. The molecule has 0 spiro atoms. The Bertz CT molecular complexity index is 462. The third kappa shape index (κ3) is 4.54. The topological polar surface area (TPSA) is 64.4 Å². The zero-order valence-corrected chi connectivity index (χ0v) is 12.9. The smallest absolute Gasteiger partial charge is 0.275 e. The largest absolute Gasteiger partial charge is 0.377 e. The third-order valence-electron chi connectivity index (χ3n) is 3.49. The first-order chi connectivity index (χ1) is 9.66. The van der Waals surface area contributed by atoms with Gasteiger partial charge < -0.3 is 10.1 Å². The maximum Gasteiger partial charge on any atom is 0.275 e. The van der Waals surface area contributed by atoms with E-state index in [1.54, 1.807) is 6.07 Å². The van der Waals surface area contributed by atoms with Crippen LogP contribution in [0.1, 0.15) is 31.2 Å². The number of halogens is 1. The first-order valence-electron chi connectivity index (χ1n) is 6.92. The normalized spacial score (nSPS) is 15.7. The number of benzene rings is 1. The van der Waals surface area contributed by atoms with Crippen molar-refractivity contribution in [2.45, 2.75) is 38.3 Å². The summed E-state index contributed by atoms with van der Waals surface area (Å²) in [5.41, 5.74) is 0.836. The van der Waals surface area contributed by atoms with Gasteiger partial charge >= 0.3 is 0 Å². The van der Waals surface area contributed by atoms with Crippen molar-refractivity contribution in [2.24, 2.45) is 0 Å². The van der Waals surface area contributed by atoms with Gasteiger partial charge in [0.05, 0.1) is 17.6 Å². The highest BCUT2D eigenvalue weighted by Crippen LogP contribution is 2.23. The van der Waals surface area contributed by atoms with Crippen LogP contribution < -0.4 is 5.32 Å². The summed E-state index contributed by atoms with van der Waals surface area (Å²) >= 11 is 3.25. The Hall–Kier alpha value is -0.980. The molecule has 0 aromatic heterocycles. The van der Waals surface area contributed by atoms with E-state index in [0.717, 1.165) is 17.3 Å². The van der Waals surface area contributed by atoms with E-state index < -0.39 is 0 Å². The van der Waals surface area contributed by atoms with Crippen LogP contribution in [0.3, 0.4) is 0 Å². The average Bonchev–Trinajstić information content (AvgIpc) is 2.92. The van der Waals surface area contributed by atoms with Crippen molar-refractivity contribution >= 4 is 21.6 Å². The van der Waals surface area contributed by atoms with Crippen molar-refractivity contribution in [2.75, 3.05) is 13.2 Å². The first kappa shape index (κ1) is 15.4. The van der Waals surface area contributed by atoms with Crippen molar-refractivity contribution < 1.29 is 9.66 Å². The number of hydrogen-bond donors (Lipinski definition) is 1. The van der Waals surface area contributed by atoms with Crippen LogP contribution in [0.25, 0.3) is 0 Å². The van der Waals surface area contributed by atoms with E-state index >= 15 is 0 Å². The van der Waals surface area contributed by atoms with E-state index in [2.05, 4.69) is 21.2 Å². The summed E-state index contributed by atoms with van der Waals surface area (Å²) in [4.78, 5) is 10.6. The van der Waals surface area contributed by atoms with E-state index in [9.17, 15) is 10.1 Å². The van der Waals surface area contributed by atoms with Crippen LogP contribution in [-0.2, 0) is 11.3 Å². The van der Waals surface area contributed by atoms with Crippen molar-refractivity contribution in [1.82, 2.24) is 5.32 Å². The second kappa shape index (κ2) is 7.71. The van der Waals surface area contributed by atoms with Crippen LogP contribution in [0.4, 0.5) is 5.69 Å². The number of ether oxygens (including phenoxy) is 1. The molecule has 0 radical (unpaired) electrons. The van der Waals surface area contributed by atoms with Gasteiger partial charge in [-0.25, -0.2) is 0 Å². The van der Waals surface area contributed by atoms with Gasteiger partial charge in [-0.3, -0.25) is 10.1 Å². The van der Waals surface area contributed by atoms with Crippen molar-refractivity contribution in [1.29, 1.82) is 0 Å². The maximum atomic E-state index is 11.0. The molecule has 5 nitrogen and oxygen atoms in total. The SMILES string of the molecule is O=[N+]([O-])c1cc(Br)ccc1CNCCOC1CCCC1. The van der Waals surface area contributed by atoms with Gasteiger partial charge in [-0.05, 0) is 25.0 Å². The Morgan fingerprint density at radius 1 is 1.40 bits per heavy atom. The van der Waals surface area contributed by atoms with Gasteiger partial charge in [-0.1, -0.05) is 28.8 Å². The van der Waals surface area contributed by atoms with E-state index in [1.165, 1.54) is 18.9 Å². The van der Waals surface area contributed by atoms with E-state index in [4.69, 9.17) is 4.74 Å². The lowest BCUT2D eigenvalue weighted by Gasteiger charge is -2.11. The lowest BCUT2D eigenvalue weighted by molar-refractivity contribution is -0.385. The molecular formula is C14H19BrN2O3. The Morgan fingerprint density at radius 3 is 2.85 bits per heavy atom. The van der Waals surface area contributed by atoms with Gasteiger partial charge in [0.2, 0.25) is 0 Å². The Balaban J connectivity index is 1.74. The quantitative estimate of drug-likeness (QED) is 0.468. The molecule has 0 bridgehead atoms. The summed E-state index contributed by atoms with van der Waals surface area (Å²) in [6.45, 7) is 1.86. The van der Waals surface area contributed by atoms with Crippen LogP contribution in [0.5, 0.6) is 0 Å². The highest BCUT2D eigenvalue weighted by atomic mass is 79.9. The lowest BCUT2D eigenvalue weighted by Crippen LogP contribution is -2.22. The molecule has 0 atom stereocenters. The molecule has 1 N–H and O–H groups in total. The summed E-state index contributed by atoms with van der Waals surface area (Å²) in [6, 6.07) is 5.12. The van der Waals surface area contributed by atoms with Crippen molar-refractivity contribution in [3.05, 3.63) is 38.3 Å². The van der Waals surface area contributed by atoms with Crippen molar-refractivity contribution in [3.8, 4) is 0 Å². The second-order valence-electron chi connectivity index (χ2n) is 4.98. The van der Waals surface area contributed by atoms with Gasteiger partial charge in [0.15, 0.2) is 0 Å². The molecule has 110 valence electrons. The molecule has 1 aromatic rings. The zero-order chi connectivity index (χ0) is 14.4. The number of rotatable bonds is 7. The molecule has 0 aliphatic heterocycles. The highest BCUT2D eigenvalue weighted by Gasteiger charge is 2.15. The molecule has 1 aromatic carbocycles. The minimum Gasteiger partial charge on any atom is -0.377 e. The summed E-state index contributed by atoms with van der Waals surface area (Å²) in [6.07, 6.45) is 5.28. The molecule has 1 aliphatic rings. The highest BCUT2D eigenvalue weighted by molar-refractivity contribution is 9.10. The molecule has 1 aliphatic carbocycles. The second-order valence-corrected chi connectivity index (χ2v) is 5.90. The van der Waals surface area contributed by atoms with Gasteiger partial charge in [-0.15, -0.1) is 0 Å². The predicted octanol–water partition coefficient (Wildman–Crippen LogP) is 3.41. The minimum absolute atomic E-state index is 0.142. The van der Waals surface area contributed by atoms with Gasteiger partial charge in [0.1, 0.15) is 0 Å². The molecule has 1 fully saturated rings. The molecule has 2 rings (SSSR count). The molecule has 0 heterocycles. The predicted molar refractivity (Wildman–Crippen MR) is 80.7 cm³/mol. The molecule has 0 amide bonds. The van der Waals surface area contributed by atoms with E-state index in [0.29, 0.717) is 31.4 Å². The van der Waals surface area contributed by atoms with Crippen LogP contribution in [0.15, 0.2) is 22.7 Å². The standard InChI is InChI=1S/C14H19BrN2O3/c15-12-6-5-11(14(9-12)17(18)19)10-16-7-8-20-13-3-1-2-4-13/h5-6,9,13,16H,1-4,7-8,10H2.